The molecular formula is C18H22N4O2. The van der Waals surface area contributed by atoms with Crippen molar-refractivity contribution in [2.75, 3.05) is 31.6 Å². The van der Waals surface area contributed by atoms with E-state index in [1.807, 2.05) is 19.1 Å². The number of hydrogen-bond donors (Lipinski definition) is 1. The zero-order chi connectivity index (χ0) is 16.4. The molecule has 1 unspecified atom stereocenters. The summed E-state index contributed by atoms with van der Waals surface area (Å²) >= 11 is 0. The summed E-state index contributed by atoms with van der Waals surface area (Å²) in [7, 11) is 0. The molecule has 0 bridgehead atoms. The lowest BCUT2D eigenvalue weighted by Crippen LogP contribution is -2.26. The number of likely N-dealkylation sites (tertiary alicyclic amines) is 1. The van der Waals surface area contributed by atoms with Crippen molar-refractivity contribution in [2.24, 2.45) is 0 Å². The molecule has 0 radical (unpaired) electrons. The molecule has 6 heteroatoms. The van der Waals surface area contributed by atoms with Gasteiger partial charge in [0, 0.05) is 37.6 Å². The largest absolute Gasteiger partial charge is 0.486 e. The molecule has 0 saturated carbocycles. The van der Waals surface area contributed by atoms with E-state index in [2.05, 4.69) is 32.3 Å². The van der Waals surface area contributed by atoms with Gasteiger partial charge in [-0.25, -0.2) is 9.97 Å². The molecule has 6 nitrogen and oxygen atoms in total. The van der Waals surface area contributed by atoms with E-state index in [4.69, 9.17) is 9.47 Å². The highest BCUT2D eigenvalue weighted by atomic mass is 16.6. The highest BCUT2D eigenvalue weighted by molar-refractivity contribution is 5.43. The van der Waals surface area contributed by atoms with Crippen LogP contribution in [0.4, 0.5) is 5.95 Å². The summed E-state index contributed by atoms with van der Waals surface area (Å²) in [6, 6.07) is 8.53. The first-order valence-electron chi connectivity index (χ1n) is 8.43. The summed E-state index contributed by atoms with van der Waals surface area (Å²) in [6.07, 6.45) is 2.90. The Hall–Kier alpha value is -2.34. The van der Waals surface area contributed by atoms with E-state index in [-0.39, 0.29) is 0 Å². The highest BCUT2D eigenvalue weighted by Gasteiger charge is 2.23. The number of anilines is 1. The van der Waals surface area contributed by atoms with Gasteiger partial charge < -0.3 is 14.8 Å². The summed E-state index contributed by atoms with van der Waals surface area (Å²) in [5.74, 6) is 2.43. The van der Waals surface area contributed by atoms with E-state index in [0.29, 0.717) is 19.3 Å². The summed E-state index contributed by atoms with van der Waals surface area (Å²) in [5.41, 5.74) is 2.24. The number of ether oxygens (including phenoxy) is 2. The molecule has 0 aliphatic carbocycles. The van der Waals surface area contributed by atoms with E-state index in [1.54, 1.807) is 6.20 Å². The van der Waals surface area contributed by atoms with E-state index in [1.165, 1.54) is 5.56 Å². The van der Waals surface area contributed by atoms with Crippen LogP contribution < -0.4 is 14.8 Å². The molecular weight excluding hydrogens is 304 g/mol. The van der Waals surface area contributed by atoms with E-state index < -0.39 is 0 Å². The van der Waals surface area contributed by atoms with Crippen LogP contribution in [0.2, 0.25) is 0 Å². The molecule has 4 rings (SSSR count). The molecule has 1 aromatic heterocycles. The van der Waals surface area contributed by atoms with Crippen molar-refractivity contribution < 1.29 is 9.47 Å². The average molecular weight is 326 g/mol. The van der Waals surface area contributed by atoms with Crippen LogP contribution in [-0.2, 0) is 6.54 Å². The number of aromatic nitrogens is 2. The van der Waals surface area contributed by atoms with Crippen LogP contribution in [0.25, 0.3) is 0 Å². The Bertz CT molecular complexity index is 722. The second-order valence-electron chi connectivity index (χ2n) is 6.36. The maximum atomic E-state index is 5.67. The Balaban J connectivity index is 1.35. The standard InChI is InChI=1S/C18H22N4O2/c1-13-4-6-19-18(20-13)21-15-5-7-22(12-15)11-14-2-3-16-17(10-14)24-9-8-23-16/h2-4,6,10,15H,5,7-9,11-12H2,1H3,(H,19,20,21). The second-order valence-corrected chi connectivity index (χ2v) is 6.36. The topological polar surface area (TPSA) is 59.5 Å². The third kappa shape index (κ3) is 3.43. The first-order chi connectivity index (χ1) is 11.8. The van der Waals surface area contributed by atoms with Gasteiger partial charge in [0.2, 0.25) is 5.95 Å². The van der Waals surface area contributed by atoms with Crippen molar-refractivity contribution in [1.82, 2.24) is 14.9 Å². The first kappa shape index (κ1) is 15.2. The molecule has 1 fully saturated rings. The van der Waals surface area contributed by atoms with Crippen molar-refractivity contribution in [2.45, 2.75) is 25.9 Å². The zero-order valence-electron chi connectivity index (χ0n) is 13.9. The first-order valence-corrected chi connectivity index (χ1v) is 8.43. The smallest absolute Gasteiger partial charge is 0.223 e. The van der Waals surface area contributed by atoms with Crippen molar-refractivity contribution in [1.29, 1.82) is 0 Å². The van der Waals surface area contributed by atoms with Crippen LogP contribution in [-0.4, -0.2) is 47.2 Å². The molecule has 0 amide bonds. The van der Waals surface area contributed by atoms with Crippen LogP contribution in [0.5, 0.6) is 11.5 Å². The Morgan fingerprint density at radius 2 is 2.08 bits per heavy atom. The van der Waals surface area contributed by atoms with Crippen LogP contribution in [0, 0.1) is 6.92 Å². The highest BCUT2D eigenvalue weighted by Crippen LogP contribution is 2.31. The molecule has 2 aromatic rings. The summed E-state index contributed by atoms with van der Waals surface area (Å²) in [6.45, 7) is 6.22. The Morgan fingerprint density at radius 3 is 2.96 bits per heavy atom. The quantitative estimate of drug-likeness (QED) is 0.930. The van der Waals surface area contributed by atoms with Gasteiger partial charge in [0.1, 0.15) is 13.2 Å². The van der Waals surface area contributed by atoms with Gasteiger partial charge in [-0.2, -0.15) is 0 Å². The minimum absolute atomic E-state index is 0.393. The Kier molecular flexibility index (Phi) is 4.21. The SMILES string of the molecule is Cc1ccnc(NC2CCN(Cc3ccc4c(c3)OCCO4)C2)n1. The number of nitrogens with one attached hydrogen (secondary N) is 1. The van der Waals surface area contributed by atoms with Gasteiger partial charge in [0.15, 0.2) is 11.5 Å². The van der Waals surface area contributed by atoms with Crippen LogP contribution in [0.15, 0.2) is 30.5 Å². The third-order valence-electron chi connectivity index (χ3n) is 4.41. The molecule has 1 atom stereocenters. The van der Waals surface area contributed by atoms with Crippen LogP contribution >= 0.6 is 0 Å². The molecule has 2 aliphatic rings. The summed E-state index contributed by atoms with van der Waals surface area (Å²) in [5, 5.41) is 3.44. The normalized spacial score (nSPS) is 20.1. The average Bonchev–Trinajstić information content (AvgIpc) is 3.02. The van der Waals surface area contributed by atoms with Gasteiger partial charge >= 0.3 is 0 Å². The second kappa shape index (κ2) is 6.65. The van der Waals surface area contributed by atoms with Crippen LogP contribution in [0.3, 0.4) is 0 Å². The number of aryl methyl sites for hydroxylation is 1. The van der Waals surface area contributed by atoms with E-state index in [0.717, 1.165) is 49.2 Å². The van der Waals surface area contributed by atoms with Gasteiger partial charge in [-0.3, -0.25) is 4.90 Å². The van der Waals surface area contributed by atoms with Gasteiger partial charge in [0.25, 0.3) is 0 Å². The number of nitrogens with zero attached hydrogens (tertiary/aromatic N) is 3. The Labute approximate surface area is 141 Å². The number of hydrogen-bond acceptors (Lipinski definition) is 6. The maximum absolute atomic E-state index is 5.67. The fourth-order valence-corrected chi connectivity index (χ4v) is 3.24. The fraction of sp³-hybridized carbons (Fsp3) is 0.444. The molecule has 1 N–H and O–H groups in total. The molecule has 24 heavy (non-hydrogen) atoms. The fourth-order valence-electron chi connectivity index (χ4n) is 3.24. The van der Waals surface area contributed by atoms with Crippen molar-refractivity contribution in [3.63, 3.8) is 0 Å². The molecule has 1 aromatic carbocycles. The molecule has 0 spiro atoms. The van der Waals surface area contributed by atoms with E-state index in [9.17, 15) is 0 Å². The molecule has 3 heterocycles. The number of benzene rings is 1. The number of rotatable bonds is 4. The summed E-state index contributed by atoms with van der Waals surface area (Å²) in [4.78, 5) is 11.2. The molecule has 1 saturated heterocycles. The lowest BCUT2D eigenvalue weighted by molar-refractivity contribution is 0.171. The van der Waals surface area contributed by atoms with Gasteiger partial charge in [0.05, 0.1) is 0 Å². The van der Waals surface area contributed by atoms with Gasteiger partial charge in [-0.05, 0) is 37.1 Å². The maximum Gasteiger partial charge on any atom is 0.223 e. The summed E-state index contributed by atoms with van der Waals surface area (Å²) < 4.78 is 11.2. The van der Waals surface area contributed by atoms with E-state index >= 15 is 0 Å². The number of fused-ring (bicyclic) bond motifs is 1. The van der Waals surface area contributed by atoms with Crippen molar-refractivity contribution in [3.8, 4) is 11.5 Å². The monoisotopic (exact) mass is 326 g/mol. The minimum atomic E-state index is 0.393. The Morgan fingerprint density at radius 1 is 1.21 bits per heavy atom. The third-order valence-corrected chi connectivity index (χ3v) is 4.41. The lowest BCUT2D eigenvalue weighted by Gasteiger charge is -2.21. The zero-order valence-corrected chi connectivity index (χ0v) is 13.9. The van der Waals surface area contributed by atoms with Gasteiger partial charge in [-0.15, -0.1) is 0 Å². The minimum Gasteiger partial charge on any atom is -0.486 e. The predicted octanol–water partition coefficient (Wildman–Crippen LogP) is 2.24. The van der Waals surface area contributed by atoms with Crippen molar-refractivity contribution >= 4 is 5.95 Å². The molecule has 126 valence electrons. The lowest BCUT2D eigenvalue weighted by atomic mass is 10.2. The van der Waals surface area contributed by atoms with Crippen molar-refractivity contribution in [3.05, 3.63) is 41.7 Å². The predicted molar refractivity (Wildman–Crippen MR) is 91.5 cm³/mol. The molecule has 2 aliphatic heterocycles. The van der Waals surface area contributed by atoms with Gasteiger partial charge in [-0.1, -0.05) is 6.07 Å². The van der Waals surface area contributed by atoms with Crippen LogP contribution in [0.1, 0.15) is 17.7 Å².